The van der Waals surface area contributed by atoms with Gasteiger partial charge in [-0.05, 0) is 24.3 Å². The SMILES string of the molecule is Cn1cnc(C=C2CSc3ccc(F)cc3C2=O)c1. The molecule has 1 aliphatic heterocycles. The summed E-state index contributed by atoms with van der Waals surface area (Å²) < 4.78 is 15.0. The maximum Gasteiger partial charge on any atom is 0.191 e. The lowest BCUT2D eigenvalue weighted by atomic mass is 10.0. The largest absolute Gasteiger partial charge is 0.340 e. The lowest BCUT2D eigenvalue weighted by Crippen LogP contribution is -2.12. The van der Waals surface area contributed by atoms with E-state index in [1.165, 1.54) is 12.1 Å². The standard InChI is InChI=1S/C14H11FN2OS/c1-17-6-11(16-8-17)4-9-7-19-13-3-2-10(15)5-12(13)14(9)18/h2-6,8H,7H2,1H3. The Morgan fingerprint density at radius 2 is 2.32 bits per heavy atom. The highest BCUT2D eigenvalue weighted by molar-refractivity contribution is 7.99. The molecule has 0 atom stereocenters. The Morgan fingerprint density at radius 3 is 3.05 bits per heavy atom. The van der Waals surface area contributed by atoms with E-state index < -0.39 is 0 Å². The van der Waals surface area contributed by atoms with E-state index in [1.54, 1.807) is 30.2 Å². The van der Waals surface area contributed by atoms with Crippen LogP contribution in [-0.4, -0.2) is 21.1 Å². The normalized spacial score (nSPS) is 16.7. The molecule has 2 heterocycles. The molecular formula is C14H11FN2OS. The fourth-order valence-electron chi connectivity index (χ4n) is 1.99. The Bertz CT molecular complexity index is 691. The summed E-state index contributed by atoms with van der Waals surface area (Å²) in [5.41, 5.74) is 1.84. The van der Waals surface area contributed by atoms with Crippen molar-refractivity contribution in [2.75, 3.05) is 5.75 Å². The van der Waals surface area contributed by atoms with Gasteiger partial charge in [0, 0.05) is 35.0 Å². The van der Waals surface area contributed by atoms with Crippen LogP contribution in [0.15, 0.2) is 41.2 Å². The molecule has 0 spiro atoms. The van der Waals surface area contributed by atoms with Crippen molar-refractivity contribution in [3.8, 4) is 0 Å². The number of Topliss-reactive ketones (excluding diaryl/α,β-unsaturated/α-hetero) is 1. The van der Waals surface area contributed by atoms with E-state index in [1.807, 2.05) is 17.8 Å². The summed E-state index contributed by atoms with van der Waals surface area (Å²) in [6.07, 6.45) is 5.29. The van der Waals surface area contributed by atoms with Gasteiger partial charge in [-0.25, -0.2) is 9.37 Å². The highest BCUT2D eigenvalue weighted by Gasteiger charge is 2.23. The van der Waals surface area contributed by atoms with Crippen LogP contribution in [0.4, 0.5) is 4.39 Å². The molecule has 0 bridgehead atoms. The first kappa shape index (κ1) is 12.2. The summed E-state index contributed by atoms with van der Waals surface area (Å²) in [5, 5.41) is 0. The second kappa shape index (κ2) is 4.66. The number of thioether (sulfide) groups is 1. The predicted octanol–water partition coefficient (Wildman–Crippen LogP) is 2.93. The quantitative estimate of drug-likeness (QED) is 0.750. The van der Waals surface area contributed by atoms with Crippen molar-refractivity contribution >= 4 is 23.6 Å². The Labute approximate surface area is 114 Å². The molecule has 0 N–H and O–H groups in total. The number of hydrogen-bond donors (Lipinski definition) is 0. The van der Waals surface area contributed by atoms with Crippen LogP contribution < -0.4 is 0 Å². The van der Waals surface area contributed by atoms with Gasteiger partial charge in [0.1, 0.15) is 5.82 Å². The number of imidazole rings is 1. The number of fused-ring (bicyclic) bond motifs is 1. The number of ketones is 1. The lowest BCUT2D eigenvalue weighted by Gasteiger charge is -2.16. The van der Waals surface area contributed by atoms with Crippen molar-refractivity contribution in [1.29, 1.82) is 0 Å². The highest BCUT2D eigenvalue weighted by Crippen LogP contribution is 2.33. The smallest absolute Gasteiger partial charge is 0.191 e. The Kier molecular flexibility index (Phi) is 2.98. The van der Waals surface area contributed by atoms with Gasteiger partial charge in [0.05, 0.1) is 12.0 Å². The van der Waals surface area contributed by atoms with Crippen molar-refractivity contribution in [2.24, 2.45) is 7.05 Å². The molecule has 1 aliphatic rings. The monoisotopic (exact) mass is 274 g/mol. The molecule has 0 amide bonds. The second-order valence-corrected chi connectivity index (χ2v) is 5.41. The zero-order chi connectivity index (χ0) is 13.4. The summed E-state index contributed by atoms with van der Waals surface area (Å²) in [6.45, 7) is 0. The van der Waals surface area contributed by atoms with Crippen LogP contribution in [0.1, 0.15) is 16.1 Å². The number of aryl methyl sites for hydroxylation is 1. The number of hydrogen-bond acceptors (Lipinski definition) is 3. The first-order chi connectivity index (χ1) is 9.13. The summed E-state index contributed by atoms with van der Waals surface area (Å²) in [7, 11) is 1.87. The van der Waals surface area contributed by atoms with E-state index in [2.05, 4.69) is 4.98 Å². The Hall–Kier alpha value is -1.88. The van der Waals surface area contributed by atoms with Gasteiger partial charge in [0.2, 0.25) is 0 Å². The van der Waals surface area contributed by atoms with Gasteiger partial charge in [0.25, 0.3) is 0 Å². The van der Waals surface area contributed by atoms with Crippen LogP contribution in [0, 0.1) is 5.82 Å². The Balaban J connectivity index is 1.99. The average molecular weight is 274 g/mol. The van der Waals surface area contributed by atoms with Crippen LogP contribution in [0.3, 0.4) is 0 Å². The molecule has 1 aromatic carbocycles. The van der Waals surface area contributed by atoms with Crippen LogP contribution in [-0.2, 0) is 7.05 Å². The molecule has 0 fully saturated rings. The van der Waals surface area contributed by atoms with Gasteiger partial charge in [-0.3, -0.25) is 4.79 Å². The third-order valence-electron chi connectivity index (χ3n) is 2.91. The summed E-state index contributed by atoms with van der Waals surface area (Å²) in [6, 6.07) is 4.34. The van der Waals surface area contributed by atoms with Crippen LogP contribution in [0.5, 0.6) is 0 Å². The molecule has 3 nitrogen and oxygen atoms in total. The third kappa shape index (κ3) is 2.33. The predicted molar refractivity (Wildman–Crippen MR) is 72.6 cm³/mol. The van der Waals surface area contributed by atoms with E-state index in [0.29, 0.717) is 16.9 Å². The molecule has 2 aromatic rings. The van der Waals surface area contributed by atoms with Gasteiger partial charge in [-0.15, -0.1) is 11.8 Å². The van der Waals surface area contributed by atoms with Crippen molar-refractivity contribution in [3.05, 3.63) is 53.4 Å². The number of carbonyl (C=O) groups excluding carboxylic acids is 1. The number of aromatic nitrogens is 2. The Morgan fingerprint density at radius 1 is 1.47 bits per heavy atom. The molecular weight excluding hydrogens is 263 g/mol. The molecule has 96 valence electrons. The topological polar surface area (TPSA) is 34.9 Å². The summed E-state index contributed by atoms with van der Waals surface area (Å²) in [4.78, 5) is 17.3. The van der Waals surface area contributed by atoms with E-state index in [0.717, 1.165) is 10.6 Å². The van der Waals surface area contributed by atoms with Crippen molar-refractivity contribution in [3.63, 3.8) is 0 Å². The van der Waals surface area contributed by atoms with Gasteiger partial charge in [-0.2, -0.15) is 0 Å². The van der Waals surface area contributed by atoms with E-state index in [4.69, 9.17) is 0 Å². The molecule has 3 rings (SSSR count). The number of halogens is 1. The molecule has 0 radical (unpaired) electrons. The molecule has 19 heavy (non-hydrogen) atoms. The zero-order valence-corrected chi connectivity index (χ0v) is 11.1. The third-order valence-corrected chi connectivity index (χ3v) is 4.03. The lowest BCUT2D eigenvalue weighted by molar-refractivity contribution is 0.103. The van der Waals surface area contributed by atoms with E-state index in [-0.39, 0.29) is 11.6 Å². The maximum absolute atomic E-state index is 13.2. The fourth-order valence-corrected chi connectivity index (χ4v) is 2.99. The average Bonchev–Trinajstić information content (AvgIpc) is 2.79. The molecule has 5 heteroatoms. The number of benzene rings is 1. The van der Waals surface area contributed by atoms with E-state index in [9.17, 15) is 9.18 Å². The summed E-state index contributed by atoms with van der Waals surface area (Å²) in [5.74, 6) is 0.0966. The van der Waals surface area contributed by atoms with Crippen LogP contribution in [0.2, 0.25) is 0 Å². The minimum atomic E-state index is -0.383. The molecule has 1 aromatic heterocycles. The minimum Gasteiger partial charge on any atom is -0.340 e. The van der Waals surface area contributed by atoms with Gasteiger partial charge < -0.3 is 4.57 Å². The fraction of sp³-hybridized carbons (Fsp3) is 0.143. The van der Waals surface area contributed by atoms with Crippen molar-refractivity contribution < 1.29 is 9.18 Å². The summed E-state index contributed by atoms with van der Waals surface area (Å²) >= 11 is 1.54. The number of carbonyl (C=O) groups is 1. The van der Waals surface area contributed by atoms with Crippen molar-refractivity contribution in [2.45, 2.75) is 4.90 Å². The number of nitrogens with zero attached hydrogens (tertiary/aromatic N) is 2. The number of rotatable bonds is 1. The van der Waals surface area contributed by atoms with Gasteiger partial charge >= 0.3 is 0 Å². The molecule has 0 aliphatic carbocycles. The molecule has 0 saturated carbocycles. The molecule has 0 unspecified atom stereocenters. The second-order valence-electron chi connectivity index (χ2n) is 4.39. The first-order valence-electron chi connectivity index (χ1n) is 5.79. The molecule has 0 saturated heterocycles. The highest BCUT2D eigenvalue weighted by atomic mass is 32.2. The van der Waals surface area contributed by atoms with E-state index >= 15 is 0 Å². The van der Waals surface area contributed by atoms with Crippen LogP contribution in [0.25, 0.3) is 6.08 Å². The minimum absolute atomic E-state index is 0.112. The van der Waals surface area contributed by atoms with Crippen LogP contribution >= 0.6 is 11.8 Å². The van der Waals surface area contributed by atoms with Crippen molar-refractivity contribution in [1.82, 2.24) is 9.55 Å². The first-order valence-corrected chi connectivity index (χ1v) is 6.77. The van der Waals surface area contributed by atoms with Gasteiger partial charge in [0.15, 0.2) is 5.78 Å². The zero-order valence-electron chi connectivity index (χ0n) is 10.3. The maximum atomic E-state index is 13.2. The van der Waals surface area contributed by atoms with Gasteiger partial charge in [-0.1, -0.05) is 0 Å².